The average molecular weight is 497 g/mol. The molecule has 196 valence electrons. The van der Waals surface area contributed by atoms with E-state index in [4.69, 9.17) is 9.73 Å². The highest BCUT2D eigenvalue weighted by molar-refractivity contribution is 6.05. The molecule has 0 aliphatic carbocycles. The van der Waals surface area contributed by atoms with E-state index in [0.717, 1.165) is 93.5 Å². The maximum atomic E-state index is 13.4. The summed E-state index contributed by atoms with van der Waals surface area (Å²) < 4.78 is 19.2. The molecule has 1 aromatic carbocycles. The molecule has 0 amide bonds. The lowest BCUT2D eigenvalue weighted by molar-refractivity contribution is 0.215. The zero-order chi connectivity index (χ0) is 24.9. The minimum Gasteiger partial charge on any atom is -0.495 e. The molecule has 4 aliphatic heterocycles. The first-order chi connectivity index (χ1) is 17.6. The molecule has 4 aliphatic rings. The van der Waals surface area contributed by atoms with Gasteiger partial charge in [0.2, 0.25) is 0 Å². The van der Waals surface area contributed by atoms with E-state index >= 15 is 0 Å². The molecule has 3 fully saturated rings. The van der Waals surface area contributed by atoms with Crippen molar-refractivity contribution in [3.8, 4) is 17.6 Å². The summed E-state index contributed by atoms with van der Waals surface area (Å²) in [5.74, 6) is 8.35. The molecule has 4 heterocycles. The molecule has 0 aromatic heterocycles. The summed E-state index contributed by atoms with van der Waals surface area (Å²) in [5.41, 5.74) is 2.99. The quantitative estimate of drug-likeness (QED) is 0.591. The van der Waals surface area contributed by atoms with E-state index in [0.29, 0.717) is 19.0 Å². The molecule has 0 saturated carbocycles. The summed E-state index contributed by atoms with van der Waals surface area (Å²) in [7, 11) is 1.70. The molecule has 36 heavy (non-hydrogen) atoms. The number of rotatable bonds is 6. The van der Waals surface area contributed by atoms with Gasteiger partial charge >= 0.3 is 0 Å². The van der Waals surface area contributed by atoms with Crippen LogP contribution in [0.15, 0.2) is 17.1 Å². The maximum absolute atomic E-state index is 13.4. The number of anilines is 1. The van der Waals surface area contributed by atoms with Crippen molar-refractivity contribution in [3.63, 3.8) is 0 Å². The first-order valence-corrected chi connectivity index (χ1v) is 13.8. The number of piperidine rings is 1. The van der Waals surface area contributed by atoms with Crippen molar-refractivity contribution in [2.75, 3.05) is 64.8 Å². The van der Waals surface area contributed by atoms with Crippen molar-refractivity contribution in [2.24, 2.45) is 4.99 Å². The van der Waals surface area contributed by atoms with Gasteiger partial charge in [-0.25, -0.2) is 9.38 Å². The predicted molar refractivity (Wildman–Crippen MR) is 143 cm³/mol. The van der Waals surface area contributed by atoms with E-state index in [-0.39, 0.29) is 6.29 Å². The second kappa shape index (κ2) is 11.8. The summed E-state index contributed by atoms with van der Waals surface area (Å²) in [5, 5.41) is 7.47. The number of methoxy groups -OCH3 is 1. The van der Waals surface area contributed by atoms with E-state index in [9.17, 15) is 4.39 Å². The van der Waals surface area contributed by atoms with Gasteiger partial charge in [-0.05, 0) is 50.8 Å². The number of halogens is 1. The molecule has 0 bridgehead atoms. The van der Waals surface area contributed by atoms with Crippen LogP contribution in [-0.4, -0.2) is 98.5 Å². The van der Waals surface area contributed by atoms with Gasteiger partial charge in [-0.1, -0.05) is 18.8 Å². The molecule has 2 N–H and O–H groups in total. The Morgan fingerprint density at radius 3 is 2.58 bits per heavy atom. The Labute approximate surface area is 215 Å². The van der Waals surface area contributed by atoms with Crippen molar-refractivity contribution in [2.45, 2.75) is 64.0 Å². The Morgan fingerprint density at radius 2 is 1.89 bits per heavy atom. The van der Waals surface area contributed by atoms with Gasteiger partial charge in [0.15, 0.2) is 6.29 Å². The number of aliphatic imine (C=N–C) groups is 1. The van der Waals surface area contributed by atoms with Crippen LogP contribution in [0.1, 0.15) is 56.6 Å². The normalized spacial score (nSPS) is 25.6. The van der Waals surface area contributed by atoms with Crippen LogP contribution in [0.25, 0.3) is 0 Å². The van der Waals surface area contributed by atoms with Crippen molar-refractivity contribution in [3.05, 3.63) is 23.3 Å². The Kier molecular flexibility index (Phi) is 8.30. The number of hydrogen-bond acceptors (Lipinski definition) is 7. The van der Waals surface area contributed by atoms with Crippen LogP contribution < -0.4 is 15.4 Å². The fraction of sp³-hybridized carbons (Fsp3) is 0.679. The number of alkyl halides is 1. The standard InChI is InChI=1S/C28H41FN6O/c1-3-33-16-10-23(11-17-33)30-27-24-19-26(36-2)21(8-4-5-12-34-15-9-22(29)20-34)18-25(24)31-28(32-27)35-13-6-7-14-35/h18-19,22-23,28,31H,3,5-7,9-17,20H2,1-2H3,(H,30,32)/t22-,28?/m0/s1. The van der Waals surface area contributed by atoms with Crippen molar-refractivity contribution >= 4 is 11.5 Å². The number of fused-ring (bicyclic) bond motifs is 1. The number of ether oxygens (including phenoxy) is 1. The Hall–Kier alpha value is -2.34. The fourth-order valence-corrected chi connectivity index (χ4v) is 5.75. The molecular formula is C28H41FN6O. The van der Waals surface area contributed by atoms with Gasteiger partial charge in [-0.3, -0.25) is 9.80 Å². The summed E-state index contributed by atoms with van der Waals surface area (Å²) in [6.07, 6.45) is 5.33. The Morgan fingerprint density at radius 1 is 1.11 bits per heavy atom. The van der Waals surface area contributed by atoms with E-state index in [1.165, 1.54) is 12.8 Å². The third-order valence-corrected chi connectivity index (χ3v) is 7.98. The van der Waals surface area contributed by atoms with Gasteiger partial charge in [-0.15, -0.1) is 0 Å². The lowest BCUT2D eigenvalue weighted by Gasteiger charge is -2.36. The first-order valence-electron chi connectivity index (χ1n) is 13.8. The third kappa shape index (κ3) is 5.96. The second-order valence-corrected chi connectivity index (χ2v) is 10.4. The SMILES string of the molecule is CCN1CCC(NC2=NC(N3CCCC3)Nc3cc(C#CCCN4CC[C@H](F)C4)c(OC)cc32)CC1. The van der Waals surface area contributed by atoms with Crippen LogP contribution >= 0.6 is 0 Å². The Balaban J connectivity index is 1.35. The number of amidine groups is 1. The molecular weight excluding hydrogens is 455 g/mol. The molecule has 5 rings (SSSR count). The van der Waals surface area contributed by atoms with Gasteiger partial charge in [0.1, 0.15) is 17.8 Å². The number of nitrogens with zero attached hydrogens (tertiary/aromatic N) is 4. The predicted octanol–water partition coefficient (Wildman–Crippen LogP) is 3.11. The number of benzene rings is 1. The van der Waals surface area contributed by atoms with Gasteiger partial charge < -0.3 is 20.3 Å². The van der Waals surface area contributed by atoms with E-state index in [1.54, 1.807) is 7.11 Å². The smallest absolute Gasteiger partial charge is 0.178 e. The Bertz CT molecular complexity index is 990. The van der Waals surface area contributed by atoms with Crippen molar-refractivity contribution in [1.29, 1.82) is 0 Å². The zero-order valence-corrected chi connectivity index (χ0v) is 21.9. The third-order valence-electron chi connectivity index (χ3n) is 7.98. The minimum absolute atomic E-state index is 0.0590. The monoisotopic (exact) mass is 496 g/mol. The first kappa shape index (κ1) is 25.3. The molecule has 8 heteroatoms. The molecule has 3 saturated heterocycles. The van der Waals surface area contributed by atoms with Crippen molar-refractivity contribution < 1.29 is 9.13 Å². The number of likely N-dealkylation sites (tertiary alicyclic amines) is 3. The van der Waals surface area contributed by atoms with Crippen LogP contribution in [0.5, 0.6) is 5.75 Å². The summed E-state index contributed by atoms with van der Waals surface area (Å²) in [6.45, 7) is 9.93. The largest absolute Gasteiger partial charge is 0.495 e. The lowest BCUT2D eigenvalue weighted by Crippen LogP contribution is -2.48. The van der Waals surface area contributed by atoms with Crippen LogP contribution in [-0.2, 0) is 0 Å². The number of hydrogen-bond donors (Lipinski definition) is 2. The van der Waals surface area contributed by atoms with E-state index in [1.807, 2.05) is 0 Å². The maximum Gasteiger partial charge on any atom is 0.178 e. The van der Waals surface area contributed by atoms with Gasteiger partial charge in [0, 0.05) is 69.5 Å². The molecule has 2 atom stereocenters. The average Bonchev–Trinajstić information content (AvgIpc) is 3.58. The highest BCUT2D eigenvalue weighted by Crippen LogP contribution is 2.32. The second-order valence-electron chi connectivity index (χ2n) is 10.4. The summed E-state index contributed by atoms with van der Waals surface area (Å²) >= 11 is 0. The lowest BCUT2D eigenvalue weighted by atomic mass is 10.0. The minimum atomic E-state index is -0.683. The van der Waals surface area contributed by atoms with Crippen LogP contribution in [0.2, 0.25) is 0 Å². The molecule has 0 spiro atoms. The van der Waals surface area contributed by atoms with Crippen LogP contribution in [0.4, 0.5) is 10.1 Å². The molecule has 1 unspecified atom stereocenters. The summed E-state index contributed by atoms with van der Waals surface area (Å²) in [4.78, 5) is 12.2. The van der Waals surface area contributed by atoms with Gasteiger partial charge in [0.25, 0.3) is 0 Å². The topological polar surface area (TPSA) is 55.4 Å². The van der Waals surface area contributed by atoms with Gasteiger partial charge in [0.05, 0.1) is 12.7 Å². The van der Waals surface area contributed by atoms with Crippen molar-refractivity contribution in [1.82, 2.24) is 20.0 Å². The van der Waals surface area contributed by atoms with E-state index < -0.39 is 6.17 Å². The molecule has 0 radical (unpaired) electrons. The summed E-state index contributed by atoms with van der Waals surface area (Å²) in [6, 6.07) is 4.62. The number of nitrogens with one attached hydrogen (secondary N) is 2. The van der Waals surface area contributed by atoms with Crippen LogP contribution in [0, 0.1) is 11.8 Å². The fourth-order valence-electron chi connectivity index (χ4n) is 5.75. The highest BCUT2D eigenvalue weighted by Gasteiger charge is 2.30. The molecule has 1 aromatic rings. The van der Waals surface area contributed by atoms with Gasteiger partial charge in [-0.2, -0.15) is 0 Å². The van der Waals surface area contributed by atoms with Crippen LogP contribution in [0.3, 0.4) is 0 Å². The van der Waals surface area contributed by atoms with E-state index in [2.05, 4.69) is 56.2 Å². The highest BCUT2D eigenvalue weighted by atomic mass is 19.1. The zero-order valence-electron chi connectivity index (χ0n) is 21.9. The molecule has 7 nitrogen and oxygen atoms in total.